The fraction of sp³-hybridized carbons (Fsp3) is 0.217. The Hall–Kier alpha value is -2.56. The molecule has 27 heavy (non-hydrogen) atoms. The molecule has 0 amide bonds. The molecule has 0 saturated carbocycles. The first-order valence-electron chi connectivity index (χ1n) is 9.26. The minimum atomic E-state index is 0.404. The molecule has 1 unspecified atom stereocenters. The average Bonchev–Trinajstić information content (AvgIpc) is 3.15. The quantitative estimate of drug-likeness (QED) is 0.482. The van der Waals surface area contributed by atoms with Crippen LogP contribution in [0.5, 0.6) is 0 Å². The first kappa shape index (κ1) is 16.6. The van der Waals surface area contributed by atoms with Crippen molar-refractivity contribution in [3.05, 3.63) is 82.4 Å². The zero-order valence-corrected chi connectivity index (χ0v) is 16.3. The highest BCUT2D eigenvalue weighted by molar-refractivity contribution is 7.17. The Morgan fingerprint density at radius 1 is 1.00 bits per heavy atom. The second-order valence-corrected chi connectivity index (χ2v) is 8.39. The highest BCUT2D eigenvalue weighted by Crippen LogP contribution is 2.36. The van der Waals surface area contributed by atoms with Crippen LogP contribution in [0.4, 0.5) is 0 Å². The van der Waals surface area contributed by atoms with Crippen LogP contribution < -0.4 is 0 Å². The minimum Gasteiger partial charge on any atom is -0.301 e. The van der Waals surface area contributed by atoms with E-state index in [-0.39, 0.29) is 0 Å². The second-order valence-electron chi connectivity index (χ2n) is 7.44. The van der Waals surface area contributed by atoms with Gasteiger partial charge in [-0.05, 0) is 77.8 Å². The van der Waals surface area contributed by atoms with Gasteiger partial charge < -0.3 is 4.90 Å². The van der Waals surface area contributed by atoms with E-state index < -0.39 is 0 Å². The number of likely N-dealkylation sites (N-methyl/N-ethyl adjacent to an activating group) is 1. The topological polar surface area (TPSA) is 29.0 Å². The first-order valence-corrected chi connectivity index (χ1v) is 10.1. The van der Waals surface area contributed by atoms with E-state index in [0.717, 1.165) is 30.0 Å². The van der Waals surface area contributed by atoms with Crippen molar-refractivity contribution in [1.82, 2.24) is 15.1 Å². The lowest BCUT2D eigenvalue weighted by molar-refractivity contribution is 0.295. The fourth-order valence-corrected chi connectivity index (χ4v) is 4.82. The Morgan fingerprint density at radius 2 is 1.93 bits per heavy atom. The molecule has 1 atom stereocenters. The minimum absolute atomic E-state index is 0.404. The van der Waals surface area contributed by atoms with Crippen molar-refractivity contribution >= 4 is 21.4 Å². The first-order chi connectivity index (χ1) is 13.2. The molecule has 2 aromatic heterocycles. The average molecular weight is 372 g/mol. The molecule has 0 bridgehead atoms. The van der Waals surface area contributed by atoms with Gasteiger partial charge in [-0.15, -0.1) is 11.3 Å². The van der Waals surface area contributed by atoms with Crippen LogP contribution in [0.15, 0.2) is 60.0 Å². The van der Waals surface area contributed by atoms with Gasteiger partial charge in [0.1, 0.15) is 0 Å². The molecule has 4 aromatic rings. The van der Waals surface area contributed by atoms with Crippen molar-refractivity contribution in [3.63, 3.8) is 0 Å². The molecular formula is C23H21N3S. The maximum Gasteiger partial charge on any atom is 0.0929 e. The van der Waals surface area contributed by atoms with Crippen LogP contribution in [-0.4, -0.2) is 28.7 Å². The number of nitrogens with zero attached hydrogens (tertiary/aromatic N) is 3. The van der Waals surface area contributed by atoms with Gasteiger partial charge in [0.2, 0.25) is 0 Å². The van der Waals surface area contributed by atoms with Crippen molar-refractivity contribution in [2.24, 2.45) is 0 Å². The van der Waals surface area contributed by atoms with Crippen LogP contribution in [-0.2, 0) is 6.54 Å². The van der Waals surface area contributed by atoms with E-state index >= 15 is 0 Å². The number of hydrogen-bond acceptors (Lipinski definition) is 4. The standard InChI is InChI=1S/C23H21N3S/c1-15-3-7-22(25-24-15)17-4-6-20-19(12-17)13-26(2)14-21(20)16-5-8-23-18(11-16)9-10-27-23/h3-12,21H,13-14H2,1-2H3. The van der Waals surface area contributed by atoms with Gasteiger partial charge in [-0.25, -0.2) is 0 Å². The predicted octanol–water partition coefficient (Wildman–Crippen LogP) is 5.24. The van der Waals surface area contributed by atoms with Crippen LogP contribution >= 0.6 is 11.3 Å². The van der Waals surface area contributed by atoms with Crippen molar-refractivity contribution in [2.45, 2.75) is 19.4 Å². The molecule has 4 heteroatoms. The molecule has 3 heterocycles. The molecule has 0 aliphatic carbocycles. The summed E-state index contributed by atoms with van der Waals surface area (Å²) in [5.74, 6) is 0.404. The number of fused-ring (bicyclic) bond motifs is 2. The van der Waals surface area contributed by atoms with E-state index in [0.29, 0.717) is 5.92 Å². The van der Waals surface area contributed by atoms with Gasteiger partial charge in [-0.2, -0.15) is 10.2 Å². The van der Waals surface area contributed by atoms with Gasteiger partial charge in [0.15, 0.2) is 0 Å². The Bertz CT molecular complexity index is 1110. The SMILES string of the molecule is Cc1ccc(-c2ccc3c(c2)CN(C)CC3c2ccc3sccc3c2)nn1. The Morgan fingerprint density at radius 3 is 2.78 bits per heavy atom. The van der Waals surface area contributed by atoms with E-state index in [9.17, 15) is 0 Å². The summed E-state index contributed by atoms with van der Waals surface area (Å²) >= 11 is 1.81. The highest BCUT2D eigenvalue weighted by atomic mass is 32.1. The molecule has 134 valence electrons. The summed E-state index contributed by atoms with van der Waals surface area (Å²) in [5.41, 5.74) is 7.25. The molecule has 2 aromatic carbocycles. The molecule has 0 saturated heterocycles. The van der Waals surface area contributed by atoms with Crippen molar-refractivity contribution < 1.29 is 0 Å². The second kappa shape index (κ2) is 6.55. The van der Waals surface area contributed by atoms with Crippen molar-refractivity contribution in [2.75, 3.05) is 13.6 Å². The highest BCUT2D eigenvalue weighted by Gasteiger charge is 2.25. The van der Waals surface area contributed by atoms with Gasteiger partial charge in [0, 0.05) is 29.3 Å². The molecule has 0 spiro atoms. The summed E-state index contributed by atoms with van der Waals surface area (Å²) in [6.45, 7) is 3.99. The van der Waals surface area contributed by atoms with Crippen LogP contribution in [0.3, 0.4) is 0 Å². The summed E-state index contributed by atoms with van der Waals surface area (Å²) in [6.07, 6.45) is 0. The van der Waals surface area contributed by atoms with Gasteiger partial charge in [-0.1, -0.05) is 18.2 Å². The Balaban J connectivity index is 1.57. The fourth-order valence-electron chi connectivity index (χ4n) is 4.05. The Kier molecular flexibility index (Phi) is 4.03. The van der Waals surface area contributed by atoms with E-state index in [2.05, 4.69) is 76.1 Å². The largest absolute Gasteiger partial charge is 0.301 e. The summed E-state index contributed by atoms with van der Waals surface area (Å²) in [5, 5.41) is 12.1. The lowest BCUT2D eigenvalue weighted by Gasteiger charge is -2.33. The van der Waals surface area contributed by atoms with Crippen LogP contribution in [0, 0.1) is 6.92 Å². The number of aromatic nitrogens is 2. The molecule has 0 radical (unpaired) electrons. The lowest BCUT2D eigenvalue weighted by Crippen LogP contribution is -2.31. The number of benzene rings is 2. The maximum atomic E-state index is 4.36. The molecule has 5 rings (SSSR count). The molecule has 0 fully saturated rings. The third-order valence-electron chi connectivity index (χ3n) is 5.43. The van der Waals surface area contributed by atoms with Crippen LogP contribution in [0.25, 0.3) is 21.3 Å². The van der Waals surface area contributed by atoms with Gasteiger partial charge in [-0.3, -0.25) is 0 Å². The van der Waals surface area contributed by atoms with Gasteiger partial charge >= 0.3 is 0 Å². The summed E-state index contributed by atoms with van der Waals surface area (Å²) < 4.78 is 1.36. The van der Waals surface area contributed by atoms with E-state index in [1.54, 1.807) is 11.3 Å². The number of hydrogen-bond donors (Lipinski definition) is 0. The molecular weight excluding hydrogens is 350 g/mol. The monoisotopic (exact) mass is 371 g/mol. The summed E-state index contributed by atoms with van der Waals surface area (Å²) in [6, 6.07) is 20.0. The van der Waals surface area contributed by atoms with Crippen molar-refractivity contribution in [1.29, 1.82) is 0 Å². The van der Waals surface area contributed by atoms with Gasteiger partial charge in [0.05, 0.1) is 11.4 Å². The summed E-state index contributed by atoms with van der Waals surface area (Å²) in [4.78, 5) is 2.41. The zero-order valence-electron chi connectivity index (χ0n) is 15.5. The zero-order chi connectivity index (χ0) is 18.4. The predicted molar refractivity (Wildman–Crippen MR) is 112 cm³/mol. The van der Waals surface area contributed by atoms with Crippen LogP contribution in [0.2, 0.25) is 0 Å². The Labute approximate surface area is 163 Å². The number of rotatable bonds is 2. The molecule has 3 nitrogen and oxygen atoms in total. The molecule has 1 aliphatic heterocycles. The third-order valence-corrected chi connectivity index (χ3v) is 6.32. The smallest absolute Gasteiger partial charge is 0.0929 e. The summed E-state index contributed by atoms with van der Waals surface area (Å²) in [7, 11) is 2.21. The normalized spacial score (nSPS) is 17.2. The number of thiophene rings is 1. The number of aryl methyl sites for hydroxylation is 1. The maximum absolute atomic E-state index is 4.36. The van der Waals surface area contributed by atoms with E-state index in [1.807, 2.05) is 13.0 Å². The van der Waals surface area contributed by atoms with Crippen LogP contribution in [0.1, 0.15) is 28.3 Å². The molecule has 0 N–H and O–H groups in total. The molecule has 1 aliphatic rings. The van der Waals surface area contributed by atoms with E-state index in [1.165, 1.54) is 26.8 Å². The van der Waals surface area contributed by atoms with Gasteiger partial charge in [0.25, 0.3) is 0 Å². The van der Waals surface area contributed by atoms with Crippen molar-refractivity contribution in [3.8, 4) is 11.3 Å². The third kappa shape index (κ3) is 3.05. The lowest BCUT2D eigenvalue weighted by atomic mass is 9.83. The van der Waals surface area contributed by atoms with E-state index in [4.69, 9.17) is 0 Å².